The van der Waals surface area contributed by atoms with Gasteiger partial charge in [-0.3, -0.25) is 19.7 Å². The molecule has 23 heavy (non-hydrogen) atoms. The van der Waals surface area contributed by atoms with Gasteiger partial charge in [0.15, 0.2) is 6.10 Å². The Labute approximate surface area is 138 Å². The summed E-state index contributed by atoms with van der Waals surface area (Å²) in [6.07, 6.45) is -0.848. The van der Waals surface area contributed by atoms with Crippen LogP contribution >= 0.6 is 11.8 Å². The summed E-state index contributed by atoms with van der Waals surface area (Å²) in [4.78, 5) is 34.2. The molecule has 1 aromatic rings. The summed E-state index contributed by atoms with van der Waals surface area (Å²) in [5.74, 6) is -0.493. The first-order valence-corrected chi connectivity index (χ1v) is 8.12. The van der Waals surface area contributed by atoms with Crippen LogP contribution in [0.25, 0.3) is 0 Å². The van der Waals surface area contributed by atoms with Gasteiger partial charge in [0.1, 0.15) is 0 Å². The quantitative estimate of drug-likeness (QED) is 0.338. The molecule has 0 saturated heterocycles. The van der Waals surface area contributed by atoms with Gasteiger partial charge in [0, 0.05) is 23.6 Å². The lowest BCUT2D eigenvalue weighted by atomic mass is 10.2. The third-order valence-electron chi connectivity index (χ3n) is 2.77. The minimum absolute atomic E-state index is 0.00706. The zero-order chi connectivity index (χ0) is 17.4. The molecule has 0 bridgehead atoms. The van der Waals surface area contributed by atoms with Gasteiger partial charge < -0.3 is 10.1 Å². The number of ether oxygens (including phenoxy) is 1. The topological polar surface area (TPSA) is 98.5 Å². The van der Waals surface area contributed by atoms with Crippen LogP contribution in [-0.4, -0.2) is 35.2 Å². The van der Waals surface area contributed by atoms with Crippen molar-refractivity contribution < 1.29 is 19.2 Å². The second-order valence-electron chi connectivity index (χ2n) is 5.31. The molecule has 0 aromatic heterocycles. The Morgan fingerprint density at radius 3 is 2.39 bits per heavy atom. The van der Waals surface area contributed by atoms with E-state index in [2.05, 4.69) is 5.32 Å². The second-order valence-corrected chi connectivity index (χ2v) is 6.36. The number of carbonyl (C=O) groups excluding carboxylic acids is 2. The van der Waals surface area contributed by atoms with Gasteiger partial charge in [-0.15, -0.1) is 11.8 Å². The van der Waals surface area contributed by atoms with E-state index in [4.69, 9.17) is 4.74 Å². The number of carbonyl (C=O) groups is 2. The Hall–Kier alpha value is -2.09. The smallest absolute Gasteiger partial charge is 0.317 e. The van der Waals surface area contributed by atoms with E-state index in [0.29, 0.717) is 17.4 Å². The summed E-state index contributed by atoms with van der Waals surface area (Å²) in [6.45, 7) is 5.98. The average Bonchev–Trinajstić information content (AvgIpc) is 2.50. The van der Waals surface area contributed by atoms with Gasteiger partial charge in [-0.1, -0.05) is 13.8 Å². The van der Waals surface area contributed by atoms with Crippen LogP contribution in [0.1, 0.15) is 20.8 Å². The number of rotatable bonds is 8. The van der Waals surface area contributed by atoms with Gasteiger partial charge in [-0.25, -0.2) is 0 Å². The predicted molar refractivity (Wildman–Crippen MR) is 87.2 cm³/mol. The fourth-order valence-electron chi connectivity index (χ4n) is 1.54. The normalized spacial score (nSPS) is 11.8. The van der Waals surface area contributed by atoms with Crippen molar-refractivity contribution in [2.75, 3.05) is 12.3 Å². The van der Waals surface area contributed by atoms with E-state index in [1.807, 2.05) is 13.8 Å². The molecule has 1 N–H and O–H groups in total. The zero-order valence-electron chi connectivity index (χ0n) is 13.3. The molecule has 1 amide bonds. The molecular formula is C15H20N2O5S. The van der Waals surface area contributed by atoms with Crippen LogP contribution in [0.4, 0.5) is 5.69 Å². The van der Waals surface area contributed by atoms with Crippen LogP contribution in [0.2, 0.25) is 0 Å². The third kappa shape index (κ3) is 7.14. The fraction of sp³-hybridized carbons (Fsp3) is 0.467. The van der Waals surface area contributed by atoms with E-state index in [9.17, 15) is 19.7 Å². The number of esters is 1. The van der Waals surface area contributed by atoms with Gasteiger partial charge in [-0.2, -0.15) is 0 Å². The zero-order valence-corrected chi connectivity index (χ0v) is 14.1. The molecule has 1 rings (SSSR count). The maximum absolute atomic E-state index is 11.7. The number of benzene rings is 1. The van der Waals surface area contributed by atoms with Crippen LogP contribution in [0.3, 0.4) is 0 Å². The summed E-state index contributed by atoms with van der Waals surface area (Å²) in [7, 11) is 0. The van der Waals surface area contributed by atoms with Gasteiger partial charge in [0.2, 0.25) is 0 Å². The van der Waals surface area contributed by atoms with Crippen molar-refractivity contribution in [1.29, 1.82) is 0 Å². The molecule has 0 aliphatic carbocycles. The summed E-state index contributed by atoms with van der Waals surface area (Å²) < 4.78 is 5.05. The Morgan fingerprint density at radius 1 is 1.26 bits per heavy atom. The van der Waals surface area contributed by atoms with Gasteiger partial charge in [-0.05, 0) is 25.0 Å². The number of hydrogen-bond donors (Lipinski definition) is 1. The fourth-order valence-corrected chi connectivity index (χ4v) is 2.22. The van der Waals surface area contributed by atoms with E-state index in [1.165, 1.54) is 30.8 Å². The molecule has 126 valence electrons. The predicted octanol–water partition coefficient (Wildman–Crippen LogP) is 2.39. The molecule has 1 aromatic carbocycles. The molecule has 8 heteroatoms. The van der Waals surface area contributed by atoms with Crippen LogP contribution in [-0.2, 0) is 14.3 Å². The summed E-state index contributed by atoms with van der Waals surface area (Å²) in [5, 5.41) is 13.2. The number of non-ortho nitro benzene ring substituents is 1. The highest BCUT2D eigenvalue weighted by molar-refractivity contribution is 8.00. The van der Waals surface area contributed by atoms with Crippen molar-refractivity contribution in [1.82, 2.24) is 5.32 Å². The van der Waals surface area contributed by atoms with E-state index in [-0.39, 0.29) is 17.3 Å². The summed E-state index contributed by atoms with van der Waals surface area (Å²) in [6, 6.07) is 5.87. The highest BCUT2D eigenvalue weighted by atomic mass is 32.2. The molecule has 0 radical (unpaired) electrons. The standard InChI is InChI=1S/C15H20N2O5S/c1-10(2)8-16-15(19)11(3)22-14(18)9-23-13-6-4-12(5-7-13)17(20)21/h4-7,10-11H,8-9H2,1-3H3,(H,16,19)/t11-/m1/s1. The molecule has 0 heterocycles. The summed E-state index contributed by atoms with van der Waals surface area (Å²) >= 11 is 1.19. The lowest BCUT2D eigenvalue weighted by Crippen LogP contribution is -2.37. The number of amides is 1. The maximum Gasteiger partial charge on any atom is 0.317 e. The summed E-state index contributed by atoms with van der Waals surface area (Å²) in [5.41, 5.74) is -0.00706. The van der Waals surface area contributed by atoms with Crippen molar-refractivity contribution in [3.05, 3.63) is 34.4 Å². The Morgan fingerprint density at radius 2 is 1.87 bits per heavy atom. The third-order valence-corrected chi connectivity index (χ3v) is 3.75. The molecular weight excluding hydrogens is 320 g/mol. The molecule has 1 atom stereocenters. The number of nitrogens with zero attached hydrogens (tertiary/aromatic N) is 1. The minimum atomic E-state index is -0.848. The van der Waals surface area contributed by atoms with Crippen LogP contribution in [0.5, 0.6) is 0 Å². The first-order chi connectivity index (χ1) is 10.8. The van der Waals surface area contributed by atoms with Gasteiger partial charge in [0.25, 0.3) is 11.6 Å². The molecule has 7 nitrogen and oxygen atoms in total. The van der Waals surface area contributed by atoms with Crippen molar-refractivity contribution >= 4 is 29.3 Å². The van der Waals surface area contributed by atoms with E-state index in [1.54, 1.807) is 12.1 Å². The lowest BCUT2D eigenvalue weighted by Gasteiger charge is -2.14. The van der Waals surface area contributed by atoms with E-state index >= 15 is 0 Å². The van der Waals surface area contributed by atoms with Crippen molar-refractivity contribution in [3.8, 4) is 0 Å². The van der Waals surface area contributed by atoms with Gasteiger partial charge >= 0.3 is 5.97 Å². The second kappa shape index (κ2) is 9.14. The van der Waals surface area contributed by atoms with Crippen LogP contribution in [0.15, 0.2) is 29.2 Å². The van der Waals surface area contributed by atoms with Crippen molar-refractivity contribution in [3.63, 3.8) is 0 Å². The van der Waals surface area contributed by atoms with Crippen molar-refractivity contribution in [2.45, 2.75) is 31.8 Å². The monoisotopic (exact) mass is 340 g/mol. The SMILES string of the molecule is CC(C)CNC(=O)[C@@H](C)OC(=O)CSc1ccc([N+](=O)[O-])cc1. The first kappa shape index (κ1) is 19.0. The van der Waals surface area contributed by atoms with E-state index in [0.717, 1.165) is 0 Å². The molecule has 0 aliphatic heterocycles. The Balaban J connectivity index is 2.38. The molecule has 0 fully saturated rings. The number of nitro benzene ring substituents is 1. The number of hydrogen-bond acceptors (Lipinski definition) is 6. The van der Waals surface area contributed by atoms with Gasteiger partial charge in [0.05, 0.1) is 10.7 Å². The Kier molecular flexibility index (Phi) is 7.53. The average molecular weight is 340 g/mol. The maximum atomic E-state index is 11.7. The number of nitrogens with one attached hydrogen (secondary N) is 1. The first-order valence-electron chi connectivity index (χ1n) is 7.14. The number of thioether (sulfide) groups is 1. The highest BCUT2D eigenvalue weighted by Gasteiger charge is 2.17. The largest absolute Gasteiger partial charge is 0.452 e. The van der Waals surface area contributed by atoms with Crippen LogP contribution < -0.4 is 5.32 Å². The lowest BCUT2D eigenvalue weighted by molar-refractivity contribution is -0.384. The molecule has 0 saturated carbocycles. The number of nitro groups is 1. The van der Waals surface area contributed by atoms with Crippen LogP contribution in [0, 0.1) is 16.0 Å². The van der Waals surface area contributed by atoms with E-state index < -0.39 is 17.0 Å². The Bertz CT molecular complexity index is 559. The molecule has 0 unspecified atom stereocenters. The minimum Gasteiger partial charge on any atom is -0.452 e. The highest BCUT2D eigenvalue weighted by Crippen LogP contribution is 2.21. The molecule has 0 spiro atoms. The van der Waals surface area contributed by atoms with Crippen molar-refractivity contribution in [2.24, 2.45) is 5.92 Å². The molecule has 0 aliphatic rings.